The van der Waals surface area contributed by atoms with Crippen molar-refractivity contribution >= 4 is 33.2 Å². The van der Waals surface area contributed by atoms with Gasteiger partial charge in [0.25, 0.3) is 0 Å². The van der Waals surface area contributed by atoms with Gasteiger partial charge in [-0.25, -0.2) is 12.7 Å². The number of piperidine rings is 1. The summed E-state index contributed by atoms with van der Waals surface area (Å²) in [5.41, 5.74) is 1.27. The Labute approximate surface area is 176 Å². The van der Waals surface area contributed by atoms with Gasteiger partial charge in [-0.2, -0.15) is 0 Å². The molecule has 1 aliphatic heterocycles. The first kappa shape index (κ1) is 21.6. The largest absolute Gasteiger partial charge is 0.492 e. The van der Waals surface area contributed by atoms with E-state index < -0.39 is 15.9 Å². The Kier molecular flexibility index (Phi) is 7.16. The van der Waals surface area contributed by atoms with Gasteiger partial charge in [-0.3, -0.25) is 4.79 Å². The molecule has 1 aliphatic rings. The number of nitrogens with one attached hydrogen (secondary N) is 1. The first-order chi connectivity index (χ1) is 13.9. The Morgan fingerprint density at radius 2 is 1.93 bits per heavy atom. The number of ether oxygens (including phenoxy) is 1. The number of carbonyl (C=O) groups is 1. The summed E-state index contributed by atoms with van der Waals surface area (Å²) in [5, 5.41) is 3.46. The second kappa shape index (κ2) is 9.61. The van der Waals surface area contributed by atoms with E-state index in [0.717, 1.165) is 0 Å². The third-order valence-electron chi connectivity index (χ3n) is 4.86. The summed E-state index contributed by atoms with van der Waals surface area (Å²) in [6, 6.07) is 14.0. The number of hydrogen-bond donors (Lipinski definition) is 1. The molecule has 1 fully saturated rings. The number of carbonyl (C=O) groups excluding carboxylic acids is 1. The molecule has 8 heteroatoms. The standard InChI is InChI=1S/C21H25ClN2O4S/c1-2-28-20-8-4-3-7-19(20)23-21(25)17-6-5-13-24(14-17)29(26,27)15-16-9-11-18(22)12-10-16/h3-4,7-12,17H,2,5-6,13-15H2,1H3,(H,23,25). The second-order valence-electron chi connectivity index (χ2n) is 7.00. The van der Waals surface area contributed by atoms with E-state index in [4.69, 9.17) is 16.3 Å². The first-order valence-corrected chi connectivity index (χ1v) is 11.6. The highest BCUT2D eigenvalue weighted by atomic mass is 35.5. The summed E-state index contributed by atoms with van der Waals surface area (Å²) < 4.78 is 32.7. The molecular weight excluding hydrogens is 412 g/mol. The van der Waals surface area contributed by atoms with Crippen LogP contribution in [0.4, 0.5) is 5.69 Å². The molecule has 1 N–H and O–H groups in total. The summed E-state index contributed by atoms with van der Waals surface area (Å²) in [4.78, 5) is 12.8. The average Bonchev–Trinajstić information content (AvgIpc) is 2.71. The van der Waals surface area contributed by atoms with Crippen LogP contribution in [0.25, 0.3) is 0 Å². The predicted molar refractivity (Wildman–Crippen MR) is 115 cm³/mol. The fourth-order valence-electron chi connectivity index (χ4n) is 3.38. The van der Waals surface area contributed by atoms with Crippen LogP contribution in [-0.2, 0) is 20.6 Å². The minimum absolute atomic E-state index is 0.105. The Morgan fingerprint density at radius 3 is 2.66 bits per heavy atom. The van der Waals surface area contributed by atoms with Gasteiger partial charge in [-0.05, 0) is 49.6 Å². The zero-order valence-corrected chi connectivity index (χ0v) is 17.9. The third-order valence-corrected chi connectivity index (χ3v) is 6.92. The number of halogens is 1. The third kappa shape index (κ3) is 5.72. The summed E-state index contributed by atoms with van der Waals surface area (Å²) in [5.74, 6) is -0.0977. The molecule has 0 saturated carbocycles. The lowest BCUT2D eigenvalue weighted by atomic mass is 9.98. The van der Waals surface area contributed by atoms with Gasteiger partial charge in [0, 0.05) is 18.1 Å². The van der Waals surface area contributed by atoms with Crippen LogP contribution in [0.15, 0.2) is 48.5 Å². The van der Waals surface area contributed by atoms with Crippen molar-refractivity contribution in [3.05, 3.63) is 59.1 Å². The summed E-state index contributed by atoms with van der Waals surface area (Å²) in [7, 11) is -3.52. The predicted octanol–water partition coefficient (Wildman–Crippen LogP) is 3.92. The highest BCUT2D eigenvalue weighted by molar-refractivity contribution is 7.88. The summed E-state index contributed by atoms with van der Waals surface area (Å²) in [6.07, 6.45) is 1.29. The van der Waals surface area contributed by atoms with Crippen LogP contribution < -0.4 is 10.1 Å². The number of nitrogens with zero attached hydrogens (tertiary/aromatic N) is 1. The SMILES string of the molecule is CCOc1ccccc1NC(=O)C1CCCN(S(=O)(=O)Cc2ccc(Cl)cc2)C1. The normalized spacial score (nSPS) is 17.7. The molecule has 6 nitrogen and oxygen atoms in total. The number of anilines is 1. The number of para-hydroxylation sites is 2. The van der Waals surface area contributed by atoms with Crippen molar-refractivity contribution in [2.45, 2.75) is 25.5 Å². The Morgan fingerprint density at radius 1 is 1.21 bits per heavy atom. The molecule has 1 heterocycles. The molecule has 0 aliphatic carbocycles. The van der Waals surface area contributed by atoms with E-state index in [1.54, 1.807) is 36.4 Å². The molecule has 2 aromatic carbocycles. The highest BCUT2D eigenvalue weighted by Crippen LogP contribution is 2.27. The molecular formula is C21H25ClN2O4S. The lowest BCUT2D eigenvalue weighted by Crippen LogP contribution is -2.44. The molecule has 0 aromatic heterocycles. The molecule has 1 saturated heterocycles. The second-order valence-corrected chi connectivity index (χ2v) is 9.40. The van der Waals surface area contributed by atoms with Crippen LogP contribution in [0.2, 0.25) is 5.02 Å². The van der Waals surface area contributed by atoms with Crippen molar-refractivity contribution in [1.82, 2.24) is 4.31 Å². The smallest absolute Gasteiger partial charge is 0.228 e. The van der Waals surface area contributed by atoms with Gasteiger partial charge in [0.2, 0.25) is 15.9 Å². The van der Waals surface area contributed by atoms with E-state index in [2.05, 4.69) is 5.32 Å². The van der Waals surface area contributed by atoms with E-state index >= 15 is 0 Å². The van der Waals surface area contributed by atoms with Gasteiger partial charge in [0.15, 0.2) is 0 Å². The Balaban J connectivity index is 1.66. The number of amides is 1. The van der Waals surface area contributed by atoms with Crippen LogP contribution in [0.1, 0.15) is 25.3 Å². The molecule has 1 unspecified atom stereocenters. The fourth-order valence-corrected chi connectivity index (χ4v) is 5.11. The minimum atomic E-state index is -3.52. The van der Waals surface area contributed by atoms with Gasteiger partial charge >= 0.3 is 0 Å². The maximum atomic E-state index is 12.8. The van der Waals surface area contributed by atoms with Crippen molar-refractivity contribution in [2.24, 2.45) is 5.92 Å². The maximum absolute atomic E-state index is 12.8. The lowest BCUT2D eigenvalue weighted by Gasteiger charge is -2.31. The fraction of sp³-hybridized carbons (Fsp3) is 0.381. The maximum Gasteiger partial charge on any atom is 0.228 e. The zero-order chi connectivity index (χ0) is 20.9. The van der Waals surface area contributed by atoms with E-state index in [-0.39, 0.29) is 18.2 Å². The summed E-state index contributed by atoms with van der Waals surface area (Å²) >= 11 is 5.87. The molecule has 2 aromatic rings. The Bertz CT molecular complexity index is 947. The van der Waals surface area contributed by atoms with E-state index in [9.17, 15) is 13.2 Å². The molecule has 29 heavy (non-hydrogen) atoms. The van der Waals surface area contributed by atoms with Crippen molar-refractivity contribution in [2.75, 3.05) is 25.0 Å². The molecule has 156 valence electrons. The first-order valence-electron chi connectivity index (χ1n) is 9.64. The van der Waals surface area contributed by atoms with E-state index in [1.165, 1.54) is 4.31 Å². The number of hydrogen-bond acceptors (Lipinski definition) is 4. The van der Waals surface area contributed by atoms with Crippen LogP contribution in [0.3, 0.4) is 0 Å². The molecule has 0 spiro atoms. The average molecular weight is 437 g/mol. The van der Waals surface area contributed by atoms with Crippen molar-refractivity contribution in [1.29, 1.82) is 0 Å². The van der Waals surface area contributed by atoms with Gasteiger partial charge in [0.05, 0.1) is 24.0 Å². The van der Waals surface area contributed by atoms with Crippen LogP contribution in [-0.4, -0.2) is 38.3 Å². The minimum Gasteiger partial charge on any atom is -0.492 e. The topological polar surface area (TPSA) is 75.7 Å². The molecule has 0 bridgehead atoms. The Hall–Kier alpha value is -2.09. The van der Waals surface area contributed by atoms with Crippen molar-refractivity contribution < 1.29 is 17.9 Å². The quantitative estimate of drug-likeness (QED) is 0.713. The summed E-state index contributed by atoms with van der Waals surface area (Å²) in [6.45, 7) is 2.98. The molecule has 1 amide bonds. The number of rotatable bonds is 7. The van der Waals surface area contributed by atoms with Crippen LogP contribution in [0, 0.1) is 5.92 Å². The van der Waals surface area contributed by atoms with E-state index in [1.807, 2.05) is 19.1 Å². The van der Waals surface area contributed by atoms with Crippen molar-refractivity contribution in [3.63, 3.8) is 0 Å². The lowest BCUT2D eigenvalue weighted by molar-refractivity contribution is -0.120. The van der Waals surface area contributed by atoms with Crippen molar-refractivity contribution in [3.8, 4) is 5.75 Å². The molecule has 3 rings (SSSR count). The van der Waals surface area contributed by atoms with Crippen LogP contribution in [0.5, 0.6) is 5.75 Å². The van der Waals surface area contributed by atoms with Crippen LogP contribution >= 0.6 is 11.6 Å². The number of benzene rings is 2. The monoisotopic (exact) mass is 436 g/mol. The number of sulfonamides is 1. The van der Waals surface area contributed by atoms with Gasteiger partial charge in [0.1, 0.15) is 5.75 Å². The highest BCUT2D eigenvalue weighted by Gasteiger charge is 2.32. The van der Waals surface area contributed by atoms with E-state index in [0.29, 0.717) is 48.0 Å². The zero-order valence-electron chi connectivity index (χ0n) is 16.3. The van der Waals surface area contributed by atoms with Gasteiger partial charge < -0.3 is 10.1 Å². The molecule has 0 radical (unpaired) electrons. The molecule has 1 atom stereocenters. The van der Waals surface area contributed by atoms with Gasteiger partial charge in [-0.1, -0.05) is 35.9 Å². The van der Waals surface area contributed by atoms with Gasteiger partial charge in [-0.15, -0.1) is 0 Å².